The largest absolute Gasteiger partial charge is 0.492 e. The third-order valence-electron chi connectivity index (χ3n) is 5.97. The van der Waals surface area contributed by atoms with Crippen molar-refractivity contribution in [1.29, 1.82) is 0 Å². The Morgan fingerprint density at radius 2 is 1.29 bits per heavy atom. The monoisotopic (exact) mass is 491 g/mol. The number of rotatable bonds is 10. The molecule has 0 radical (unpaired) electrons. The number of hydrogen-bond acceptors (Lipinski definition) is 3. The molecule has 3 aromatic carbocycles. The molecule has 0 amide bonds. The summed E-state index contributed by atoms with van der Waals surface area (Å²) in [6.45, 7) is 7.44. The second-order valence-corrected chi connectivity index (χ2v) is 8.57. The number of alkyl halides is 3. The quantitative estimate of drug-likeness (QED) is 0.348. The molecule has 0 heterocycles. The molecule has 34 heavy (non-hydrogen) atoms. The Bertz CT molecular complexity index is 1030. The lowest BCUT2D eigenvalue weighted by Gasteiger charge is -2.30. The van der Waals surface area contributed by atoms with Crippen LogP contribution in [0.3, 0.4) is 0 Å². The summed E-state index contributed by atoms with van der Waals surface area (Å²) >= 11 is 5.99. The van der Waals surface area contributed by atoms with E-state index in [4.69, 9.17) is 16.3 Å². The maximum atomic E-state index is 13.1. The van der Waals surface area contributed by atoms with Crippen molar-refractivity contribution in [2.24, 2.45) is 0 Å². The third kappa shape index (κ3) is 6.53. The first-order valence-corrected chi connectivity index (χ1v) is 11.6. The van der Waals surface area contributed by atoms with Crippen molar-refractivity contribution < 1.29 is 23.0 Å². The molecule has 0 aliphatic carbocycles. The van der Waals surface area contributed by atoms with Gasteiger partial charge in [0.25, 0.3) is 0 Å². The fraction of sp³-hybridized carbons (Fsp3) is 0.333. The first kappa shape index (κ1) is 26.1. The summed E-state index contributed by atoms with van der Waals surface area (Å²) in [7, 11) is 0. The van der Waals surface area contributed by atoms with E-state index in [9.17, 15) is 18.3 Å². The van der Waals surface area contributed by atoms with E-state index in [0.717, 1.165) is 37.3 Å². The lowest BCUT2D eigenvalue weighted by atomic mass is 9.81. The molecule has 0 saturated carbocycles. The molecule has 1 atom stereocenters. The third-order valence-corrected chi connectivity index (χ3v) is 6.22. The van der Waals surface area contributed by atoms with Gasteiger partial charge in [-0.15, -0.1) is 0 Å². The number of halogens is 4. The number of nitrogens with zero attached hydrogens (tertiary/aromatic N) is 1. The zero-order valence-corrected chi connectivity index (χ0v) is 20.0. The van der Waals surface area contributed by atoms with Crippen molar-refractivity contribution in [2.75, 3.05) is 26.2 Å². The van der Waals surface area contributed by atoms with E-state index < -0.39 is 17.3 Å². The van der Waals surface area contributed by atoms with E-state index in [2.05, 4.69) is 18.7 Å². The molecule has 1 unspecified atom stereocenters. The normalized spacial score (nSPS) is 13.6. The first-order valence-electron chi connectivity index (χ1n) is 11.3. The highest BCUT2D eigenvalue weighted by atomic mass is 35.5. The maximum absolute atomic E-state index is 13.1. The van der Waals surface area contributed by atoms with Crippen molar-refractivity contribution in [3.8, 4) is 5.75 Å². The highest BCUT2D eigenvalue weighted by Crippen LogP contribution is 2.37. The van der Waals surface area contributed by atoms with Crippen LogP contribution in [0.5, 0.6) is 5.75 Å². The van der Waals surface area contributed by atoms with E-state index in [1.807, 2.05) is 0 Å². The predicted molar refractivity (Wildman–Crippen MR) is 129 cm³/mol. The summed E-state index contributed by atoms with van der Waals surface area (Å²) in [4.78, 5) is 2.25. The molecule has 3 rings (SSSR count). The molecule has 0 fully saturated rings. The van der Waals surface area contributed by atoms with Gasteiger partial charge in [0.1, 0.15) is 18.0 Å². The van der Waals surface area contributed by atoms with Crippen LogP contribution in [-0.2, 0) is 18.2 Å². The zero-order chi connectivity index (χ0) is 24.8. The Balaban J connectivity index is 1.88. The van der Waals surface area contributed by atoms with Gasteiger partial charge in [0.2, 0.25) is 0 Å². The van der Waals surface area contributed by atoms with Crippen molar-refractivity contribution >= 4 is 11.6 Å². The van der Waals surface area contributed by atoms with Crippen LogP contribution in [-0.4, -0.2) is 36.2 Å². The summed E-state index contributed by atoms with van der Waals surface area (Å²) in [5.74, 6) is 0.664. The van der Waals surface area contributed by atoms with Gasteiger partial charge in [0.05, 0.1) is 5.56 Å². The van der Waals surface area contributed by atoms with Crippen LogP contribution in [0.15, 0.2) is 72.8 Å². The molecule has 182 valence electrons. The number of benzene rings is 3. The fourth-order valence-corrected chi connectivity index (χ4v) is 3.99. The van der Waals surface area contributed by atoms with Crippen LogP contribution in [0.4, 0.5) is 13.2 Å². The Hall–Kier alpha value is -2.54. The van der Waals surface area contributed by atoms with E-state index in [0.29, 0.717) is 28.5 Å². The average molecular weight is 492 g/mol. The van der Waals surface area contributed by atoms with Gasteiger partial charge in [0, 0.05) is 18.0 Å². The van der Waals surface area contributed by atoms with Gasteiger partial charge >= 0.3 is 6.18 Å². The highest BCUT2D eigenvalue weighted by molar-refractivity contribution is 6.30. The standard InChI is InChI=1S/C27H29ClF3NO2/c1-3-32(4-2)17-18-34-25-15-11-22(12-16-25)26(33,19-20-5-13-24(28)14-6-20)21-7-9-23(10-8-21)27(29,30)31/h5-16,33H,3-4,17-19H2,1-2H3. The van der Waals surface area contributed by atoms with Crippen molar-refractivity contribution in [1.82, 2.24) is 4.90 Å². The Kier molecular flexibility index (Phi) is 8.63. The number of hydrogen-bond donors (Lipinski definition) is 1. The summed E-state index contributed by atoms with van der Waals surface area (Å²) < 4.78 is 45.1. The Morgan fingerprint density at radius 1 is 0.794 bits per heavy atom. The second kappa shape index (κ2) is 11.3. The van der Waals surface area contributed by atoms with E-state index in [1.54, 1.807) is 48.5 Å². The van der Waals surface area contributed by atoms with Crippen LogP contribution in [0.25, 0.3) is 0 Å². The minimum atomic E-state index is -4.45. The molecule has 0 aliphatic heterocycles. The molecule has 0 bridgehead atoms. The molecular weight excluding hydrogens is 463 g/mol. The average Bonchev–Trinajstić information content (AvgIpc) is 2.83. The van der Waals surface area contributed by atoms with Gasteiger partial charge in [-0.3, -0.25) is 0 Å². The number of likely N-dealkylation sites (N-methyl/N-ethyl adjacent to an activating group) is 1. The van der Waals surface area contributed by atoms with Gasteiger partial charge in [0.15, 0.2) is 0 Å². The van der Waals surface area contributed by atoms with Crippen LogP contribution >= 0.6 is 11.6 Å². The lowest BCUT2D eigenvalue weighted by Crippen LogP contribution is -2.30. The molecule has 3 nitrogen and oxygen atoms in total. The lowest BCUT2D eigenvalue weighted by molar-refractivity contribution is -0.137. The van der Waals surface area contributed by atoms with E-state index >= 15 is 0 Å². The minimum Gasteiger partial charge on any atom is -0.492 e. The van der Waals surface area contributed by atoms with E-state index in [-0.39, 0.29) is 6.42 Å². The molecule has 3 aromatic rings. The van der Waals surface area contributed by atoms with Gasteiger partial charge in [-0.2, -0.15) is 13.2 Å². The van der Waals surface area contributed by atoms with Gasteiger partial charge < -0.3 is 14.7 Å². The molecular formula is C27H29ClF3NO2. The first-order chi connectivity index (χ1) is 16.2. The second-order valence-electron chi connectivity index (χ2n) is 8.14. The maximum Gasteiger partial charge on any atom is 0.416 e. The summed E-state index contributed by atoms with van der Waals surface area (Å²) in [5.41, 5.74) is -0.588. The number of ether oxygens (including phenoxy) is 1. The van der Waals surface area contributed by atoms with Crippen LogP contribution in [0.1, 0.15) is 36.1 Å². The minimum absolute atomic E-state index is 0.164. The molecule has 7 heteroatoms. The van der Waals surface area contributed by atoms with Crippen LogP contribution < -0.4 is 4.74 Å². The van der Waals surface area contributed by atoms with Crippen molar-refractivity contribution in [2.45, 2.75) is 32.0 Å². The molecule has 1 N–H and O–H groups in total. The van der Waals surface area contributed by atoms with Crippen LogP contribution in [0.2, 0.25) is 5.02 Å². The predicted octanol–water partition coefficient (Wildman–Crippen LogP) is 6.56. The Morgan fingerprint density at radius 3 is 1.79 bits per heavy atom. The molecule has 0 aliphatic rings. The highest BCUT2D eigenvalue weighted by Gasteiger charge is 2.34. The zero-order valence-electron chi connectivity index (χ0n) is 19.3. The summed E-state index contributed by atoms with van der Waals surface area (Å²) in [6, 6.07) is 18.7. The van der Waals surface area contributed by atoms with Gasteiger partial charge in [-0.25, -0.2) is 0 Å². The van der Waals surface area contributed by atoms with E-state index in [1.165, 1.54) is 12.1 Å². The molecule has 0 saturated heterocycles. The topological polar surface area (TPSA) is 32.7 Å². The van der Waals surface area contributed by atoms with Crippen LogP contribution in [0, 0.1) is 0 Å². The molecule has 0 aromatic heterocycles. The van der Waals surface area contributed by atoms with Gasteiger partial charge in [-0.05, 0) is 66.2 Å². The van der Waals surface area contributed by atoms with Crippen molar-refractivity contribution in [3.63, 3.8) is 0 Å². The van der Waals surface area contributed by atoms with Gasteiger partial charge in [-0.1, -0.05) is 61.8 Å². The number of aliphatic hydroxyl groups is 1. The SMILES string of the molecule is CCN(CC)CCOc1ccc(C(O)(Cc2ccc(Cl)cc2)c2ccc(C(F)(F)F)cc2)cc1. The Labute approximate surface area is 203 Å². The smallest absolute Gasteiger partial charge is 0.416 e. The summed E-state index contributed by atoms with van der Waals surface area (Å²) in [6.07, 6.45) is -4.28. The van der Waals surface area contributed by atoms with Crippen molar-refractivity contribution in [3.05, 3.63) is 100 Å². The summed E-state index contributed by atoms with van der Waals surface area (Å²) in [5, 5.41) is 12.4. The fourth-order valence-electron chi connectivity index (χ4n) is 3.86. The molecule has 0 spiro atoms.